The lowest BCUT2D eigenvalue weighted by atomic mass is 10.1. The average Bonchev–Trinajstić information content (AvgIpc) is 2.32. The number of benzene rings is 1. The number of likely N-dealkylation sites (N-methyl/N-ethyl adjacent to an activating group) is 1. The molecule has 1 rings (SSSR count). The normalized spacial score (nSPS) is 12.3. The molecule has 94 valence electrons. The third-order valence-corrected chi connectivity index (χ3v) is 3.43. The molecule has 3 nitrogen and oxygen atoms in total. The van der Waals surface area contributed by atoms with E-state index in [1.165, 1.54) is 0 Å². The van der Waals surface area contributed by atoms with Crippen LogP contribution >= 0.6 is 23.2 Å². The molecule has 1 aromatic carbocycles. The maximum Gasteiger partial charge on any atom is 0.239 e. The van der Waals surface area contributed by atoms with Gasteiger partial charge in [-0.2, -0.15) is 0 Å². The second-order valence-electron chi connectivity index (χ2n) is 3.92. The molecule has 0 spiro atoms. The van der Waals surface area contributed by atoms with Crippen LogP contribution in [0.15, 0.2) is 18.2 Å². The minimum absolute atomic E-state index is 0.0939. The molecule has 0 saturated heterocycles. The Kier molecular flexibility index (Phi) is 5.25. The Hall–Kier alpha value is -0.770. The van der Waals surface area contributed by atoms with Crippen molar-refractivity contribution in [3.63, 3.8) is 0 Å². The molecule has 0 heterocycles. The lowest BCUT2D eigenvalue weighted by Gasteiger charge is -2.21. The Labute approximate surface area is 111 Å². The van der Waals surface area contributed by atoms with Crippen molar-refractivity contribution in [3.05, 3.63) is 33.8 Å². The number of hydrogen-bond acceptors (Lipinski definition) is 2. The van der Waals surface area contributed by atoms with Gasteiger partial charge >= 0.3 is 0 Å². The lowest BCUT2D eigenvalue weighted by molar-refractivity contribution is -0.131. The van der Waals surface area contributed by atoms with E-state index in [9.17, 15) is 4.79 Å². The summed E-state index contributed by atoms with van der Waals surface area (Å²) in [4.78, 5) is 13.4. The number of rotatable bonds is 4. The molecule has 2 N–H and O–H groups in total. The molecule has 0 saturated carbocycles. The molecule has 0 fully saturated rings. The minimum Gasteiger partial charge on any atom is -0.340 e. The molecule has 1 atom stereocenters. The fourth-order valence-electron chi connectivity index (χ4n) is 1.46. The van der Waals surface area contributed by atoms with E-state index >= 15 is 0 Å². The van der Waals surface area contributed by atoms with Crippen molar-refractivity contribution in [1.29, 1.82) is 0 Å². The molecule has 5 heteroatoms. The van der Waals surface area contributed by atoms with Gasteiger partial charge in [-0.15, -0.1) is 0 Å². The van der Waals surface area contributed by atoms with E-state index in [2.05, 4.69) is 0 Å². The van der Waals surface area contributed by atoms with Crippen molar-refractivity contribution in [2.24, 2.45) is 5.73 Å². The zero-order chi connectivity index (χ0) is 13.0. The Morgan fingerprint density at radius 3 is 2.71 bits per heavy atom. The van der Waals surface area contributed by atoms with Crippen LogP contribution in [0.2, 0.25) is 10.0 Å². The van der Waals surface area contributed by atoms with E-state index in [1.54, 1.807) is 18.0 Å². The van der Waals surface area contributed by atoms with Crippen molar-refractivity contribution in [1.82, 2.24) is 4.90 Å². The molecule has 0 aliphatic heterocycles. The molecule has 0 radical (unpaired) electrons. The van der Waals surface area contributed by atoms with Gasteiger partial charge in [-0.25, -0.2) is 0 Å². The summed E-state index contributed by atoms with van der Waals surface area (Å²) in [6.45, 7) is 2.29. The number of nitrogens with two attached hydrogens (primary N) is 1. The van der Waals surface area contributed by atoms with Crippen molar-refractivity contribution in [2.75, 3.05) is 7.05 Å². The van der Waals surface area contributed by atoms with Crippen molar-refractivity contribution in [3.8, 4) is 0 Å². The maximum atomic E-state index is 11.8. The van der Waals surface area contributed by atoms with Crippen LogP contribution in [0.25, 0.3) is 0 Å². The SMILES string of the molecule is CC[C@@H](N)C(=O)N(C)Cc1cccc(Cl)c1Cl. The second kappa shape index (κ2) is 6.24. The molecule has 17 heavy (non-hydrogen) atoms. The van der Waals surface area contributed by atoms with Gasteiger partial charge in [0.2, 0.25) is 5.91 Å². The van der Waals surface area contributed by atoms with E-state index in [1.807, 2.05) is 19.1 Å². The van der Waals surface area contributed by atoms with Gasteiger partial charge in [-0.05, 0) is 18.1 Å². The first kappa shape index (κ1) is 14.3. The van der Waals surface area contributed by atoms with Gasteiger partial charge in [0, 0.05) is 13.6 Å². The predicted octanol–water partition coefficient (Wildman–Crippen LogP) is 2.69. The van der Waals surface area contributed by atoms with Crippen LogP contribution in [0.4, 0.5) is 0 Å². The highest BCUT2D eigenvalue weighted by atomic mass is 35.5. The summed E-state index contributed by atoms with van der Waals surface area (Å²) in [5.74, 6) is -0.0939. The van der Waals surface area contributed by atoms with Gasteiger partial charge in [0.15, 0.2) is 0 Å². The predicted molar refractivity (Wildman–Crippen MR) is 71.2 cm³/mol. The first-order chi connectivity index (χ1) is 7.97. The van der Waals surface area contributed by atoms with E-state index in [0.29, 0.717) is 23.0 Å². The fourth-order valence-corrected chi connectivity index (χ4v) is 1.84. The number of carbonyl (C=O) groups excluding carboxylic acids is 1. The van der Waals surface area contributed by atoms with Gasteiger partial charge in [0.25, 0.3) is 0 Å². The highest BCUT2D eigenvalue weighted by molar-refractivity contribution is 6.42. The minimum atomic E-state index is -0.460. The summed E-state index contributed by atoms with van der Waals surface area (Å²) in [6.07, 6.45) is 0.618. The third-order valence-electron chi connectivity index (χ3n) is 2.57. The van der Waals surface area contributed by atoms with Gasteiger partial charge < -0.3 is 10.6 Å². The van der Waals surface area contributed by atoms with Crippen molar-refractivity contribution in [2.45, 2.75) is 25.9 Å². The summed E-state index contributed by atoms with van der Waals surface area (Å²) in [7, 11) is 1.70. The smallest absolute Gasteiger partial charge is 0.239 e. The van der Waals surface area contributed by atoms with E-state index in [0.717, 1.165) is 5.56 Å². The summed E-state index contributed by atoms with van der Waals surface area (Å²) in [6, 6.07) is 4.90. The Balaban J connectivity index is 2.78. The number of hydrogen-bond donors (Lipinski definition) is 1. The Morgan fingerprint density at radius 2 is 2.12 bits per heavy atom. The van der Waals surface area contributed by atoms with E-state index in [-0.39, 0.29) is 5.91 Å². The van der Waals surface area contributed by atoms with Crippen LogP contribution in [-0.2, 0) is 11.3 Å². The van der Waals surface area contributed by atoms with E-state index < -0.39 is 6.04 Å². The van der Waals surface area contributed by atoms with Gasteiger partial charge in [-0.1, -0.05) is 42.3 Å². The molecule has 0 aliphatic carbocycles. The van der Waals surface area contributed by atoms with Gasteiger partial charge in [-0.3, -0.25) is 4.79 Å². The molecular formula is C12H16Cl2N2O. The van der Waals surface area contributed by atoms with Gasteiger partial charge in [0.05, 0.1) is 16.1 Å². The standard InChI is InChI=1S/C12H16Cl2N2O/c1-3-10(15)12(17)16(2)7-8-5-4-6-9(13)11(8)14/h4-6,10H,3,7,15H2,1-2H3/t10-/m1/s1. The first-order valence-corrected chi connectivity index (χ1v) is 6.16. The molecule has 1 amide bonds. The molecule has 0 unspecified atom stereocenters. The Bertz CT molecular complexity index is 409. The summed E-state index contributed by atoms with van der Waals surface area (Å²) < 4.78 is 0. The number of amides is 1. The number of carbonyl (C=O) groups is 1. The molecular weight excluding hydrogens is 259 g/mol. The summed E-state index contributed by atoms with van der Waals surface area (Å²) in [5, 5.41) is 0.976. The highest BCUT2D eigenvalue weighted by Crippen LogP contribution is 2.26. The third kappa shape index (κ3) is 3.60. The maximum absolute atomic E-state index is 11.8. The lowest BCUT2D eigenvalue weighted by Crippen LogP contribution is -2.40. The topological polar surface area (TPSA) is 46.3 Å². The average molecular weight is 275 g/mol. The van der Waals surface area contributed by atoms with Crippen molar-refractivity contribution >= 4 is 29.1 Å². The molecule has 0 bridgehead atoms. The number of halogens is 2. The highest BCUT2D eigenvalue weighted by Gasteiger charge is 2.17. The summed E-state index contributed by atoms with van der Waals surface area (Å²) in [5.41, 5.74) is 6.51. The van der Waals surface area contributed by atoms with Crippen LogP contribution in [-0.4, -0.2) is 23.9 Å². The fraction of sp³-hybridized carbons (Fsp3) is 0.417. The summed E-state index contributed by atoms with van der Waals surface area (Å²) >= 11 is 12.0. The van der Waals surface area contributed by atoms with Crippen LogP contribution in [0.3, 0.4) is 0 Å². The molecule has 0 aromatic heterocycles. The van der Waals surface area contributed by atoms with Crippen LogP contribution < -0.4 is 5.73 Å². The zero-order valence-electron chi connectivity index (χ0n) is 9.91. The van der Waals surface area contributed by atoms with Crippen LogP contribution in [0, 0.1) is 0 Å². The monoisotopic (exact) mass is 274 g/mol. The largest absolute Gasteiger partial charge is 0.340 e. The number of nitrogens with zero attached hydrogens (tertiary/aromatic N) is 1. The quantitative estimate of drug-likeness (QED) is 0.918. The Morgan fingerprint density at radius 1 is 1.47 bits per heavy atom. The van der Waals surface area contributed by atoms with E-state index in [4.69, 9.17) is 28.9 Å². The van der Waals surface area contributed by atoms with Crippen molar-refractivity contribution < 1.29 is 4.79 Å². The zero-order valence-corrected chi connectivity index (χ0v) is 11.4. The first-order valence-electron chi connectivity index (χ1n) is 5.40. The van der Waals surface area contributed by atoms with Crippen LogP contribution in [0.1, 0.15) is 18.9 Å². The molecule has 1 aromatic rings. The van der Waals surface area contributed by atoms with Crippen LogP contribution in [0.5, 0.6) is 0 Å². The molecule has 0 aliphatic rings. The second-order valence-corrected chi connectivity index (χ2v) is 4.71. The van der Waals surface area contributed by atoms with Gasteiger partial charge in [0.1, 0.15) is 0 Å².